The molecule has 142 valence electrons. The molecule has 0 bridgehead atoms. The molecule has 0 radical (unpaired) electrons. The molecule has 10 atom stereocenters. The van der Waals surface area contributed by atoms with Crippen LogP contribution in [0.2, 0.25) is 0 Å². The molecule has 24 heavy (non-hydrogen) atoms. The largest absolute Gasteiger partial charge is 0.394 e. The first-order valence-electron chi connectivity index (χ1n) is 7.15. The number of rotatable bonds is 3. The molecule has 0 aliphatic carbocycles. The topological polar surface area (TPSA) is 221 Å². The van der Waals surface area contributed by atoms with Gasteiger partial charge in [0.1, 0.15) is 48.8 Å². The van der Waals surface area contributed by atoms with E-state index in [4.69, 9.17) is 19.7 Å². The Balaban J connectivity index is 2.45. The van der Waals surface area contributed by atoms with E-state index in [0.717, 1.165) is 0 Å². The molecule has 0 aromatic carbocycles. The van der Waals surface area contributed by atoms with Crippen molar-refractivity contribution in [2.75, 3.05) is 13.2 Å². The van der Waals surface area contributed by atoms with Gasteiger partial charge in [-0.05, 0) is 0 Å². The fourth-order valence-electron chi connectivity index (χ4n) is 2.90. The summed E-state index contributed by atoms with van der Waals surface area (Å²) < 4.78 is 9.69. The van der Waals surface area contributed by atoms with E-state index in [-0.39, 0.29) is 0 Å². The third kappa shape index (κ3) is 2.65. The van der Waals surface area contributed by atoms with Crippen molar-refractivity contribution in [2.24, 2.45) is 0 Å². The highest BCUT2D eigenvalue weighted by Crippen LogP contribution is 2.43. The molecule has 2 rings (SSSR count). The maximum atomic E-state index is 10.5. The van der Waals surface area contributed by atoms with E-state index in [2.05, 4.69) is 0 Å². The molecule has 12 heteroatoms. The summed E-state index contributed by atoms with van der Waals surface area (Å²) in [5.41, 5.74) is 0. The SMILES string of the molecule is OC[C@H]1O[C@](O)([C@@]2(O)O[C@H](CO)[C@@H](O)[C@H](O)[C@@H]2O)[C@@H](O)[C@@H](O)[C@@H]1O. The van der Waals surface area contributed by atoms with E-state index in [1.54, 1.807) is 0 Å². The Morgan fingerprint density at radius 2 is 0.875 bits per heavy atom. The highest BCUT2D eigenvalue weighted by Gasteiger charge is 2.71. The van der Waals surface area contributed by atoms with Crippen LogP contribution in [0.15, 0.2) is 0 Å². The molecule has 0 aromatic heterocycles. The molecule has 0 amide bonds. The highest BCUT2D eigenvalue weighted by molar-refractivity contribution is 5.09. The molecule has 2 fully saturated rings. The van der Waals surface area contributed by atoms with Gasteiger partial charge in [0, 0.05) is 0 Å². The van der Waals surface area contributed by atoms with Crippen LogP contribution < -0.4 is 0 Å². The Morgan fingerprint density at radius 3 is 1.12 bits per heavy atom. The second-order valence-corrected chi connectivity index (χ2v) is 5.92. The van der Waals surface area contributed by atoms with Crippen LogP contribution in [0, 0.1) is 0 Å². The van der Waals surface area contributed by atoms with Crippen molar-refractivity contribution >= 4 is 0 Å². The van der Waals surface area contributed by atoms with Crippen molar-refractivity contribution in [3.8, 4) is 0 Å². The molecular weight excluding hydrogens is 336 g/mol. The fourth-order valence-corrected chi connectivity index (χ4v) is 2.90. The lowest BCUT2D eigenvalue weighted by Gasteiger charge is -2.56. The van der Waals surface area contributed by atoms with Crippen molar-refractivity contribution in [3.05, 3.63) is 0 Å². The minimum absolute atomic E-state index is 0.950. The first-order chi connectivity index (χ1) is 11.0. The first kappa shape index (κ1) is 19.8. The van der Waals surface area contributed by atoms with Gasteiger partial charge < -0.3 is 60.5 Å². The Bertz CT molecular complexity index is 406. The van der Waals surface area contributed by atoms with E-state index < -0.39 is 73.6 Å². The summed E-state index contributed by atoms with van der Waals surface area (Å²) in [6.07, 6.45) is -16.2. The molecule has 2 saturated heterocycles. The fraction of sp³-hybridized carbons (Fsp3) is 1.00. The molecular formula is C12H22O12. The van der Waals surface area contributed by atoms with Crippen LogP contribution in [0.4, 0.5) is 0 Å². The average molecular weight is 358 g/mol. The first-order valence-corrected chi connectivity index (χ1v) is 7.15. The number of ether oxygens (including phenoxy) is 2. The van der Waals surface area contributed by atoms with E-state index in [9.17, 15) is 40.9 Å². The van der Waals surface area contributed by atoms with Gasteiger partial charge in [-0.3, -0.25) is 0 Å². The Kier molecular flexibility index (Phi) is 5.52. The van der Waals surface area contributed by atoms with Gasteiger partial charge in [0.25, 0.3) is 11.6 Å². The van der Waals surface area contributed by atoms with Crippen LogP contribution in [0.3, 0.4) is 0 Å². The third-order valence-electron chi connectivity index (χ3n) is 4.45. The monoisotopic (exact) mass is 358 g/mol. The Morgan fingerprint density at radius 1 is 0.583 bits per heavy atom. The molecule has 2 aliphatic heterocycles. The third-order valence-corrected chi connectivity index (χ3v) is 4.45. The van der Waals surface area contributed by atoms with Gasteiger partial charge in [-0.15, -0.1) is 0 Å². The van der Waals surface area contributed by atoms with Gasteiger partial charge in [-0.2, -0.15) is 0 Å². The normalized spacial score (nSPS) is 56.2. The van der Waals surface area contributed by atoms with Gasteiger partial charge in [0.15, 0.2) is 0 Å². The van der Waals surface area contributed by atoms with Crippen molar-refractivity contribution in [1.82, 2.24) is 0 Å². The highest BCUT2D eigenvalue weighted by atomic mass is 16.7. The van der Waals surface area contributed by atoms with Crippen LogP contribution in [0.25, 0.3) is 0 Å². The molecule has 0 aromatic rings. The predicted octanol–water partition coefficient (Wildman–Crippen LogP) is -6.69. The Labute approximate surface area is 135 Å². The standard InChI is InChI=1S/C12H22O12/c13-1-3-5(15)7(17)9(19)11(21,23-3)12(22)10(20)8(18)6(16)4(2-14)24-12/h3-10,13-22H,1-2H2/t3-,4-,5-,6-,7+,8+,9+,10+,11+,12+/m1/s1. The van der Waals surface area contributed by atoms with E-state index >= 15 is 0 Å². The molecule has 0 saturated carbocycles. The summed E-state index contributed by atoms with van der Waals surface area (Å²) in [4.78, 5) is 0. The summed E-state index contributed by atoms with van der Waals surface area (Å²) >= 11 is 0. The predicted molar refractivity (Wildman–Crippen MR) is 69.9 cm³/mol. The minimum Gasteiger partial charge on any atom is -0.394 e. The maximum absolute atomic E-state index is 10.5. The van der Waals surface area contributed by atoms with Gasteiger partial charge in [0.2, 0.25) is 0 Å². The minimum atomic E-state index is -3.33. The van der Waals surface area contributed by atoms with Gasteiger partial charge in [0.05, 0.1) is 13.2 Å². The van der Waals surface area contributed by atoms with Gasteiger partial charge >= 0.3 is 0 Å². The van der Waals surface area contributed by atoms with Crippen LogP contribution >= 0.6 is 0 Å². The number of hydrogen-bond donors (Lipinski definition) is 10. The summed E-state index contributed by atoms with van der Waals surface area (Å²) in [6.45, 7) is -1.90. The van der Waals surface area contributed by atoms with Gasteiger partial charge in [-0.25, -0.2) is 0 Å². The van der Waals surface area contributed by atoms with Crippen LogP contribution in [-0.4, -0.2) is 125 Å². The van der Waals surface area contributed by atoms with Gasteiger partial charge in [-0.1, -0.05) is 0 Å². The molecule has 12 nitrogen and oxygen atoms in total. The molecule has 0 spiro atoms. The van der Waals surface area contributed by atoms with Crippen molar-refractivity contribution in [2.45, 2.75) is 60.4 Å². The van der Waals surface area contributed by atoms with Crippen LogP contribution in [0.5, 0.6) is 0 Å². The summed E-state index contributed by atoms with van der Waals surface area (Å²) in [7, 11) is 0. The zero-order chi connectivity index (χ0) is 18.4. The molecule has 10 N–H and O–H groups in total. The van der Waals surface area contributed by atoms with Crippen molar-refractivity contribution in [1.29, 1.82) is 0 Å². The second kappa shape index (κ2) is 6.68. The lowest BCUT2D eigenvalue weighted by Crippen LogP contribution is -2.81. The second-order valence-electron chi connectivity index (χ2n) is 5.92. The number of hydrogen-bond acceptors (Lipinski definition) is 12. The van der Waals surface area contributed by atoms with Crippen molar-refractivity contribution < 1.29 is 60.5 Å². The zero-order valence-electron chi connectivity index (χ0n) is 12.3. The smallest absolute Gasteiger partial charge is 0.254 e. The summed E-state index contributed by atoms with van der Waals surface area (Å²) in [5.74, 6) is -6.65. The lowest BCUT2D eigenvalue weighted by molar-refractivity contribution is -0.490. The van der Waals surface area contributed by atoms with E-state index in [0.29, 0.717) is 0 Å². The number of aliphatic hydroxyl groups is 10. The van der Waals surface area contributed by atoms with Crippen LogP contribution in [-0.2, 0) is 9.47 Å². The van der Waals surface area contributed by atoms with Crippen LogP contribution in [0.1, 0.15) is 0 Å². The number of aliphatic hydroxyl groups excluding tert-OH is 8. The lowest BCUT2D eigenvalue weighted by atomic mass is 9.80. The van der Waals surface area contributed by atoms with E-state index in [1.165, 1.54) is 0 Å². The van der Waals surface area contributed by atoms with E-state index in [1.807, 2.05) is 0 Å². The molecule has 2 aliphatic rings. The maximum Gasteiger partial charge on any atom is 0.254 e. The zero-order valence-corrected chi connectivity index (χ0v) is 12.3. The summed E-state index contributed by atoms with van der Waals surface area (Å²) in [6, 6.07) is 0. The summed E-state index contributed by atoms with van der Waals surface area (Å²) in [5, 5.41) is 98.3. The van der Waals surface area contributed by atoms with Crippen molar-refractivity contribution in [3.63, 3.8) is 0 Å². The quantitative estimate of drug-likeness (QED) is 0.227. The Hall–Kier alpha value is -0.480. The molecule has 2 heterocycles. The molecule has 0 unspecified atom stereocenters. The average Bonchev–Trinajstić information content (AvgIpc) is 2.57.